The molecule has 0 heterocycles. The smallest absolute Gasteiger partial charge is 0.191 e. The third-order valence-corrected chi connectivity index (χ3v) is 4.78. The van der Waals surface area contributed by atoms with Gasteiger partial charge in [-0.25, -0.2) is 9.38 Å². The van der Waals surface area contributed by atoms with Crippen LogP contribution < -0.4 is 15.4 Å². The second-order valence-corrected chi connectivity index (χ2v) is 7.08. The van der Waals surface area contributed by atoms with Crippen LogP contribution in [0.4, 0.5) is 4.39 Å². The van der Waals surface area contributed by atoms with Crippen LogP contribution in [0, 0.1) is 5.82 Å². The number of aliphatic hydroxyl groups is 1. The first-order valence-corrected chi connectivity index (χ1v) is 10.6. The predicted molar refractivity (Wildman–Crippen MR) is 130 cm³/mol. The minimum absolute atomic E-state index is 0. The van der Waals surface area contributed by atoms with E-state index in [9.17, 15) is 9.50 Å². The molecule has 1 unspecified atom stereocenters. The van der Waals surface area contributed by atoms with Gasteiger partial charge in [0.25, 0.3) is 0 Å². The van der Waals surface area contributed by atoms with Crippen LogP contribution >= 0.6 is 35.7 Å². The number of aliphatic hydroxyl groups excluding tert-OH is 1. The van der Waals surface area contributed by atoms with Crippen molar-refractivity contribution in [1.82, 2.24) is 10.6 Å². The molecule has 0 aliphatic heterocycles. The molecule has 0 spiro atoms. The molecule has 0 radical (unpaired) electrons. The summed E-state index contributed by atoms with van der Waals surface area (Å²) in [4.78, 5) is 4.58. The first kappa shape index (κ1) is 25.5. The minimum Gasteiger partial charge on any atom is -0.497 e. The first-order valence-electron chi connectivity index (χ1n) is 9.17. The lowest BCUT2D eigenvalue weighted by Crippen LogP contribution is -2.39. The van der Waals surface area contributed by atoms with E-state index in [1.165, 1.54) is 6.07 Å². The summed E-state index contributed by atoms with van der Waals surface area (Å²) in [6.45, 7) is 3.43. The Hall–Kier alpha value is -1.52. The van der Waals surface area contributed by atoms with E-state index in [0.29, 0.717) is 25.6 Å². The van der Waals surface area contributed by atoms with Crippen LogP contribution in [-0.4, -0.2) is 37.5 Å². The van der Waals surface area contributed by atoms with E-state index in [1.807, 2.05) is 37.4 Å². The van der Waals surface area contributed by atoms with Crippen molar-refractivity contribution in [3.8, 4) is 5.75 Å². The maximum absolute atomic E-state index is 13.5. The Morgan fingerprint density at radius 3 is 2.52 bits per heavy atom. The first-order chi connectivity index (χ1) is 13.6. The second kappa shape index (κ2) is 13.7. The number of methoxy groups -OCH3 is 1. The average Bonchev–Trinajstić information content (AvgIpc) is 2.71. The molecule has 160 valence electrons. The van der Waals surface area contributed by atoms with Gasteiger partial charge in [-0.15, -0.1) is 24.0 Å². The molecule has 2 rings (SSSR count). The molecular formula is C21H29FIN3O2S. The van der Waals surface area contributed by atoms with Crippen molar-refractivity contribution in [3.05, 3.63) is 65.0 Å². The number of benzene rings is 2. The van der Waals surface area contributed by atoms with E-state index >= 15 is 0 Å². The van der Waals surface area contributed by atoms with E-state index in [-0.39, 0.29) is 29.8 Å². The number of hydrogen-bond acceptors (Lipinski definition) is 4. The summed E-state index contributed by atoms with van der Waals surface area (Å²) in [6, 6.07) is 12.1. The fourth-order valence-electron chi connectivity index (χ4n) is 2.68. The molecule has 8 heteroatoms. The summed E-state index contributed by atoms with van der Waals surface area (Å²) < 4.78 is 18.6. The molecule has 0 amide bonds. The van der Waals surface area contributed by atoms with Crippen molar-refractivity contribution in [2.45, 2.75) is 25.3 Å². The normalized spacial score (nSPS) is 12.1. The monoisotopic (exact) mass is 533 g/mol. The van der Waals surface area contributed by atoms with Gasteiger partial charge in [0.05, 0.1) is 19.8 Å². The molecule has 0 aliphatic rings. The molecule has 5 nitrogen and oxygen atoms in total. The van der Waals surface area contributed by atoms with Gasteiger partial charge in [0, 0.05) is 18.8 Å². The lowest BCUT2D eigenvalue weighted by atomic mass is 10.1. The van der Waals surface area contributed by atoms with Crippen molar-refractivity contribution < 1.29 is 14.2 Å². The number of aliphatic imine (C=N–C) groups is 1. The standard InChI is InChI=1S/C21H28FN3O2S.HI/c1-4-23-21(24-12-16-5-8-18(22)11-17(16)14-28-3)25-13-20(26)15-6-9-19(27-2)10-7-15;/h5-11,20,26H,4,12-14H2,1-3H3,(H2,23,24,25);1H. The Morgan fingerprint density at radius 1 is 1.17 bits per heavy atom. The summed E-state index contributed by atoms with van der Waals surface area (Å²) in [7, 11) is 1.61. The number of nitrogens with zero attached hydrogens (tertiary/aromatic N) is 1. The molecule has 1 atom stereocenters. The van der Waals surface area contributed by atoms with E-state index in [4.69, 9.17) is 4.74 Å². The highest BCUT2D eigenvalue weighted by Gasteiger charge is 2.09. The van der Waals surface area contributed by atoms with Crippen molar-refractivity contribution >= 4 is 41.7 Å². The maximum atomic E-state index is 13.5. The quantitative estimate of drug-likeness (QED) is 0.257. The second-order valence-electron chi connectivity index (χ2n) is 6.21. The van der Waals surface area contributed by atoms with Crippen LogP contribution in [0.5, 0.6) is 5.75 Å². The fraction of sp³-hybridized carbons (Fsp3) is 0.381. The van der Waals surface area contributed by atoms with Crippen molar-refractivity contribution in [1.29, 1.82) is 0 Å². The molecule has 0 fully saturated rings. The number of nitrogens with one attached hydrogen (secondary N) is 2. The van der Waals surface area contributed by atoms with Crippen LogP contribution in [-0.2, 0) is 12.3 Å². The van der Waals surface area contributed by atoms with Gasteiger partial charge in [0.15, 0.2) is 5.96 Å². The molecular weight excluding hydrogens is 504 g/mol. The number of ether oxygens (including phenoxy) is 1. The molecule has 29 heavy (non-hydrogen) atoms. The molecule has 0 saturated heterocycles. The van der Waals surface area contributed by atoms with E-state index in [1.54, 1.807) is 31.0 Å². The van der Waals surface area contributed by atoms with Crippen molar-refractivity contribution in [3.63, 3.8) is 0 Å². The van der Waals surface area contributed by atoms with Gasteiger partial charge in [-0.2, -0.15) is 11.8 Å². The van der Waals surface area contributed by atoms with E-state index < -0.39 is 6.10 Å². The Bertz CT molecular complexity index is 775. The minimum atomic E-state index is -0.673. The van der Waals surface area contributed by atoms with Crippen LogP contribution in [0.2, 0.25) is 0 Å². The molecule has 2 aromatic carbocycles. The highest BCUT2D eigenvalue weighted by molar-refractivity contribution is 14.0. The lowest BCUT2D eigenvalue weighted by molar-refractivity contribution is 0.180. The van der Waals surface area contributed by atoms with Crippen molar-refractivity contribution in [2.75, 3.05) is 26.5 Å². The topological polar surface area (TPSA) is 65.9 Å². The highest BCUT2D eigenvalue weighted by atomic mass is 127. The van der Waals surface area contributed by atoms with Crippen LogP contribution in [0.1, 0.15) is 29.7 Å². The van der Waals surface area contributed by atoms with E-state index in [2.05, 4.69) is 15.6 Å². The number of hydrogen-bond donors (Lipinski definition) is 3. The van der Waals surface area contributed by atoms with E-state index in [0.717, 1.165) is 28.2 Å². The Kier molecular flexibility index (Phi) is 12.0. The van der Waals surface area contributed by atoms with Gasteiger partial charge in [0.2, 0.25) is 0 Å². The van der Waals surface area contributed by atoms with Crippen LogP contribution in [0.25, 0.3) is 0 Å². The Labute approximate surface area is 193 Å². The fourth-order valence-corrected chi connectivity index (χ4v) is 3.26. The zero-order valence-electron chi connectivity index (χ0n) is 16.9. The Balaban J connectivity index is 0.00000420. The number of thioether (sulfide) groups is 1. The highest BCUT2D eigenvalue weighted by Crippen LogP contribution is 2.18. The summed E-state index contributed by atoms with van der Waals surface area (Å²) in [5.74, 6) is 1.86. The summed E-state index contributed by atoms with van der Waals surface area (Å²) >= 11 is 1.65. The van der Waals surface area contributed by atoms with Gasteiger partial charge in [0.1, 0.15) is 11.6 Å². The van der Waals surface area contributed by atoms with Gasteiger partial charge in [-0.05, 0) is 54.1 Å². The third-order valence-electron chi connectivity index (χ3n) is 4.18. The van der Waals surface area contributed by atoms with Gasteiger partial charge < -0.3 is 20.5 Å². The number of guanidine groups is 1. The molecule has 2 aromatic rings. The predicted octanol–water partition coefficient (Wildman–Crippen LogP) is 4.10. The molecule has 0 saturated carbocycles. The van der Waals surface area contributed by atoms with Crippen LogP contribution in [0.3, 0.4) is 0 Å². The van der Waals surface area contributed by atoms with Gasteiger partial charge in [-0.1, -0.05) is 18.2 Å². The van der Waals surface area contributed by atoms with Gasteiger partial charge >= 0.3 is 0 Å². The third kappa shape index (κ3) is 8.39. The van der Waals surface area contributed by atoms with Gasteiger partial charge in [-0.3, -0.25) is 0 Å². The summed E-state index contributed by atoms with van der Waals surface area (Å²) in [6.07, 6.45) is 1.32. The SMILES string of the molecule is CCNC(=NCc1ccc(F)cc1CSC)NCC(O)c1ccc(OC)cc1.I. The number of rotatable bonds is 9. The summed E-state index contributed by atoms with van der Waals surface area (Å²) in [5.41, 5.74) is 2.74. The zero-order valence-corrected chi connectivity index (χ0v) is 20.1. The zero-order chi connectivity index (χ0) is 20.4. The molecule has 0 bridgehead atoms. The number of halogens is 2. The lowest BCUT2D eigenvalue weighted by Gasteiger charge is -2.16. The Morgan fingerprint density at radius 2 is 1.90 bits per heavy atom. The van der Waals surface area contributed by atoms with Crippen LogP contribution in [0.15, 0.2) is 47.5 Å². The maximum Gasteiger partial charge on any atom is 0.191 e. The average molecular weight is 533 g/mol. The van der Waals surface area contributed by atoms with Crippen molar-refractivity contribution in [2.24, 2.45) is 4.99 Å². The molecule has 3 N–H and O–H groups in total. The molecule has 0 aliphatic carbocycles. The summed E-state index contributed by atoms with van der Waals surface area (Å²) in [5, 5.41) is 16.7. The largest absolute Gasteiger partial charge is 0.497 e. The molecule has 0 aromatic heterocycles.